The van der Waals surface area contributed by atoms with Gasteiger partial charge in [0.1, 0.15) is 11.9 Å². The van der Waals surface area contributed by atoms with Crippen molar-refractivity contribution < 1.29 is 9.90 Å². The molecule has 1 rings (SSSR count). The fourth-order valence-electron chi connectivity index (χ4n) is 1.47. The Morgan fingerprint density at radius 2 is 2.12 bits per heavy atom. The maximum Gasteiger partial charge on any atom is 0.320 e. The van der Waals surface area contributed by atoms with Crippen molar-refractivity contribution in [3.63, 3.8) is 0 Å². The third-order valence-corrected chi connectivity index (χ3v) is 2.53. The standard InChI is InChI=1S/C12H19N3O2/c1-3-4-5-11(12(16)17)15-8-10-6-13-9(2)14-7-10/h6-7,11,15H,3-5,8H2,1-2H3,(H,16,17). The van der Waals surface area contributed by atoms with Gasteiger partial charge in [-0.2, -0.15) is 0 Å². The van der Waals surface area contributed by atoms with Gasteiger partial charge in [0.25, 0.3) is 0 Å². The summed E-state index contributed by atoms with van der Waals surface area (Å²) >= 11 is 0. The highest BCUT2D eigenvalue weighted by molar-refractivity contribution is 5.73. The second-order valence-corrected chi connectivity index (χ2v) is 4.05. The van der Waals surface area contributed by atoms with E-state index in [1.165, 1.54) is 0 Å². The van der Waals surface area contributed by atoms with Gasteiger partial charge in [-0.1, -0.05) is 19.8 Å². The Labute approximate surface area is 101 Å². The number of carbonyl (C=O) groups is 1. The Morgan fingerprint density at radius 3 is 2.65 bits per heavy atom. The number of nitrogens with zero attached hydrogens (tertiary/aromatic N) is 2. The van der Waals surface area contributed by atoms with Gasteiger partial charge in [-0.25, -0.2) is 9.97 Å². The van der Waals surface area contributed by atoms with Crippen LogP contribution in [0.1, 0.15) is 37.6 Å². The number of carboxylic acids is 1. The number of rotatable bonds is 7. The summed E-state index contributed by atoms with van der Waals surface area (Å²) in [6.45, 7) is 4.35. The van der Waals surface area contributed by atoms with E-state index in [2.05, 4.69) is 15.3 Å². The maximum atomic E-state index is 11.0. The molecule has 1 heterocycles. The first kappa shape index (κ1) is 13.6. The van der Waals surface area contributed by atoms with Crippen LogP contribution in [0.15, 0.2) is 12.4 Å². The van der Waals surface area contributed by atoms with Crippen LogP contribution in [0.2, 0.25) is 0 Å². The molecule has 5 nitrogen and oxygen atoms in total. The van der Waals surface area contributed by atoms with Crippen LogP contribution in [0.4, 0.5) is 0 Å². The molecule has 0 amide bonds. The Balaban J connectivity index is 2.45. The minimum Gasteiger partial charge on any atom is -0.480 e. The second-order valence-electron chi connectivity index (χ2n) is 4.05. The Kier molecular flexibility index (Phi) is 5.56. The molecular formula is C12H19N3O2. The van der Waals surface area contributed by atoms with Crippen molar-refractivity contribution in [3.05, 3.63) is 23.8 Å². The summed E-state index contributed by atoms with van der Waals surface area (Å²) < 4.78 is 0. The number of nitrogens with one attached hydrogen (secondary N) is 1. The molecule has 0 aliphatic carbocycles. The molecule has 2 N–H and O–H groups in total. The molecule has 0 aromatic carbocycles. The number of aliphatic carboxylic acids is 1. The SMILES string of the molecule is CCCCC(NCc1cnc(C)nc1)C(=O)O. The third kappa shape index (κ3) is 4.91. The topological polar surface area (TPSA) is 75.1 Å². The van der Waals surface area contributed by atoms with Crippen molar-refractivity contribution in [3.8, 4) is 0 Å². The Bertz CT molecular complexity index is 351. The molecule has 0 aliphatic heterocycles. The van der Waals surface area contributed by atoms with E-state index >= 15 is 0 Å². The van der Waals surface area contributed by atoms with E-state index in [1.807, 2.05) is 13.8 Å². The van der Waals surface area contributed by atoms with Crippen LogP contribution in [0, 0.1) is 6.92 Å². The van der Waals surface area contributed by atoms with Crippen LogP contribution in [0.25, 0.3) is 0 Å². The molecular weight excluding hydrogens is 218 g/mol. The highest BCUT2D eigenvalue weighted by Crippen LogP contribution is 2.03. The molecule has 5 heteroatoms. The Hall–Kier alpha value is -1.49. The van der Waals surface area contributed by atoms with Crippen LogP contribution in [-0.4, -0.2) is 27.1 Å². The lowest BCUT2D eigenvalue weighted by Crippen LogP contribution is -2.36. The van der Waals surface area contributed by atoms with Crippen LogP contribution in [-0.2, 0) is 11.3 Å². The van der Waals surface area contributed by atoms with Gasteiger partial charge in [0.15, 0.2) is 0 Å². The van der Waals surface area contributed by atoms with Gasteiger partial charge in [0.2, 0.25) is 0 Å². The average molecular weight is 237 g/mol. The van der Waals surface area contributed by atoms with Crippen molar-refractivity contribution >= 4 is 5.97 Å². The lowest BCUT2D eigenvalue weighted by atomic mass is 10.1. The van der Waals surface area contributed by atoms with Gasteiger partial charge in [0, 0.05) is 24.5 Å². The van der Waals surface area contributed by atoms with Crippen molar-refractivity contribution in [2.24, 2.45) is 0 Å². The normalized spacial score (nSPS) is 12.4. The lowest BCUT2D eigenvalue weighted by molar-refractivity contribution is -0.139. The van der Waals surface area contributed by atoms with E-state index in [-0.39, 0.29) is 0 Å². The van der Waals surface area contributed by atoms with Crippen molar-refractivity contribution in [2.75, 3.05) is 0 Å². The molecule has 0 saturated carbocycles. The minimum absolute atomic E-state index is 0.487. The lowest BCUT2D eigenvalue weighted by Gasteiger charge is -2.13. The zero-order valence-electron chi connectivity index (χ0n) is 10.3. The van der Waals surface area contributed by atoms with Crippen molar-refractivity contribution in [1.82, 2.24) is 15.3 Å². The fourth-order valence-corrected chi connectivity index (χ4v) is 1.47. The first-order chi connectivity index (χ1) is 8.13. The molecule has 1 atom stereocenters. The highest BCUT2D eigenvalue weighted by Gasteiger charge is 2.15. The molecule has 1 aromatic heterocycles. The van der Waals surface area contributed by atoms with Crippen LogP contribution < -0.4 is 5.32 Å². The summed E-state index contributed by atoms with van der Waals surface area (Å²) in [7, 11) is 0. The van der Waals surface area contributed by atoms with Crippen LogP contribution in [0.5, 0.6) is 0 Å². The molecule has 1 unspecified atom stereocenters. The summed E-state index contributed by atoms with van der Waals surface area (Å²) in [5.74, 6) is -0.0824. The Morgan fingerprint density at radius 1 is 1.47 bits per heavy atom. The zero-order valence-corrected chi connectivity index (χ0v) is 10.3. The molecule has 0 aliphatic rings. The maximum absolute atomic E-state index is 11.0. The monoisotopic (exact) mass is 237 g/mol. The van der Waals surface area contributed by atoms with E-state index in [0.717, 1.165) is 24.2 Å². The highest BCUT2D eigenvalue weighted by atomic mass is 16.4. The predicted octanol–water partition coefficient (Wildman–Crippen LogP) is 1.52. The number of carboxylic acid groups (broad SMARTS) is 1. The van der Waals surface area contributed by atoms with E-state index in [4.69, 9.17) is 5.11 Å². The first-order valence-electron chi connectivity index (χ1n) is 5.87. The van der Waals surface area contributed by atoms with Gasteiger partial charge >= 0.3 is 5.97 Å². The predicted molar refractivity (Wildman–Crippen MR) is 64.6 cm³/mol. The summed E-state index contributed by atoms with van der Waals surface area (Å²) in [6, 6.07) is -0.490. The summed E-state index contributed by atoms with van der Waals surface area (Å²) in [6.07, 6.45) is 5.99. The van der Waals surface area contributed by atoms with Gasteiger partial charge in [-0.15, -0.1) is 0 Å². The fraction of sp³-hybridized carbons (Fsp3) is 0.583. The molecule has 1 aromatic rings. The number of aromatic nitrogens is 2. The molecule has 0 fully saturated rings. The summed E-state index contributed by atoms with van der Waals surface area (Å²) in [5.41, 5.74) is 0.901. The van der Waals surface area contributed by atoms with E-state index in [9.17, 15) is 4.79 Å². The average Bonchev–Trinajstić information content (AvgIpc) is 2.31. The minimum atomic E-state index is -0.800. The largest absolute Gasteiger partial charge is 0.480 e. The van der Waals surface area contributed by atoms with Crippen molar-refractivity contribution in [1.29, 1.82) is 0 Å². The first-order valence-corrected chi connectivity index (χ1v) is 5.87. The van der Waals surface area contributed by atoms with E-state index in [0.29, 0.717) is 13.0 Å². The zero-order chi connectivity index (χ0) is 12.7. The quantitative estimate of drug-likeness (QED) is 0.752. The molecule has 0 bridgehead atoms. The smallest absolute Gasteiger partial charge is 0.320 e. The molecule has 0 spiro atoms. The van der Waals surface area contributed by atoms with E-state index < -0.39 is 12.0 Å². The van der Waals surface area contributed by atoms with Crippen LogP contribution >= 0.6 is 0 Å². The summed E-state index contributed by atoms with van der Waals surface area (Å²) in [4.78, 5) is 19.1. The number of hydrogen-bond donors (Lipinski definition) is 2. The molecule has 0 saturated heterocycles. The van der Waals surface area contributed by atoms with Crippen molar-refractivity contribution in [2.45, 2.75) is 45.7 Å². The van der Waals surface area contributed by atoms with Gasteiger partial charge in [-0.05, 0) is 13.3 Å². The number of hydrogen-bond acceptors (Lipinski definition) is 4. The number of aryl methyl sites for hydroxylation is 1. The summed E-state index contributed by atoms with van der Waals surface area (Å²) in [5, 5.41) is 12.0. The molecule has 17 heavy (non-hydrogen) atoms. The van der Waals surface area contributed by atoms with Gasteiger partial charge in [0.05, 0.1) is 0 Å². The van der Waals surface area contributed by atoms with Gasteiger partial charge < -0.3 is 10.4 Å². The molecule has 94 valence electrons. The second kappa shape index (κ2) is 6.96. The third-order valence-electron chi connectivity index (χ3n) is 2.53. The molecule has 0 radical (unpaired) electrons. The van der Waals surface area contributed by atoms with Crippen LogP contribution in [0.3, 0.4) is 0 Å². The van der Waals surface area contributed by atoms with E-state index in [1.54, 1.807) is 12.4 Å². The number of unbranched alkanes of at least 4 members (excludes halogenated alkanes) is 1. The van der Waals surface area contributed by atoms with Gasteiger partial charge in [-0.3, -0.25) is 4.79 Å².